The molecular formula is C8H14O2. The zero-order valence-corrected chi connectivity index (χ0v) is 6.29. The number of aliphatic hydroxyl groups excluding tert-OH is 1. The van der Waals surface area contributed by atoms with Crippen molar-refractivity contribution in [3.8, 4) is 0 Å². The van der Waals surface area contributed by atoms with Crippen LogP contribution in [0.3, 0.4) is 0 Å². The molecule has 0 spiro atoms. The highest BCUT2D eigenvalue weighted by Gasteiger charge is 2.30. The molecular weight excluding hydrogens is 128 g/mol. The molecule has 0 amide bonds. The van der Waals surface area contributed by atoms with Crippen LogP contribution in [0.15, 0.2) is 12.7 Å². The van der Waals surface area contributed by atoms with Crippen molar-refractivity contribution in [3.63, 3.8) is 0 Å². The Morgan fingerprint density at radius 1 is 1.80 bits per heavy atom. The van der Waals surface area contributed by atoms with Gasteiger partial charge in [0.1, 0.15) is 0 Å². The summed E-state index contributed by atoms with van der Waals surface area (Å²) in [6.45, 7) is 5.74. The standard InChI is InChI=1S/C8H14O2/c1-3-6-5-8(9)10-7(6)4-2/h3,6-9H,1,4-5H2,2H3/t6-,7+,8?/m1/s1. The summed E-state index contributed by atoms with van der Waals surface area (Å²) in [6, 6.07) is 0. The van der Waals surface area contributed by atoms with Gasteiger partial charge in [0.25, 0.3) is 0 Å². The van der Waals surface area contributed by atoms with Crippen LogP contribution in [0.25, 0.3) is 0 Å². The van der Waals surface area contributed by atoms with E-state index in [1.807, 2.05) is 6.08 Å². The molecule has 1 N–H and O–H groups in total. The lowest BCUT2D eigenvalue weighted by Gasteiger charge is -2.10. The second kappa shape index (κ2) is 3.17. The van der Waals surface area contributed by atoms with E-state index in [9.17, 15) is 0 Å². The fourth-order valence-corrected chi connectivity index (χ4v) is 1.39. The Morgan fingerprint density at radius 3 is 2.90 bits per heavy atom. The number of aliphatic hydroxyl groups is 1. The van der Waals surface area contributed by atoms with E-state index in [1.165, 1.54) is 0 Å². The fraction of sp³-hybridized carbons (Fsp3) is 0.750. The smallest absolute Gasteiger partial charge is 0.155 e. The molecule has 1 fully saturated rings. The molecule has 1 aliphatic rings. The molecule has 0 bridgehead atoms. The molecule has 1 aliphatic heterocycles. The van der Waals surface area contributed by atoms with Crippen molar-refractivity contribution in [2.45, 2.75) is 32.2 Å². The highest BCUT2D eigenvalue weighted by atomic mass is 16.6. The molecule has 0 aromatic rings. The first-order valence-corrected chi connectivity index (χ1v) is 3.74. The van der Waals surface area contributed by atoms with Gasteiger partial charge in [0.2, 0.25) is 0 Å². The Labute approximate surface area is 61.5 Å². The summed E-state index contributed by atoms with van der Waals surface area (Å²) in [5.74, 6) is 0.347. The molecule has 1 heterocycles. The fourth-order valence-electron chi connectivity index (χ4n) is 1.39. The van der Waals surface area contributed by atoms with Gasteiger partial charge in [-0.25, -0.2) is 0 Å². The second-order valence-electron chi connectivity index (χ2n) is 2.67. The zero-order chi connectivity index (χ0) is 7.56. The number of ether oxygens (including phenoxy) is 1. The third kappa shape index (κ3) is 1.39. The molecule has 0 aliphatic carbocycles. The number of hydrogen-bond donors (Lipinski definition) is 1. The van der Waals surface area contributed by atoms with E-state index in [0.717, 1.165) is 6.42 Å². The van der Waals surface area contributed by atoms with E-state index in [2.05, 4.69) is 13.5 Å². The van der Waals surface area contributed by atoms with Gasteiger partial charge in [-0.05, 0) is 6.42 Å². The van der Waals surface area contributed by atoms with Crippen molar-refractivity contribution in [2.24, 2.45) is 5.92 Å². The summed E-state index contributed by atoms with van der Waals surface area (Å²) >= 11 is 0. The topological polar surface area (TPSA) is 29.5 Å². The summed E-state index contributed by atoms with van der Waals surface area (Å²) in [6.07, 6.45) is 3.15. The van der Waals surface area contributed by atoms with Gasteiger partial charge in [-0.1, -0.05) is 13.0 Å². The summed E-state index contributed by atoms with van der Waals surface area (Å²) in [7, 11) is 0. The first kappa shape index (κ1) is 7.76. The lowest BCUT2D eigenvalue weighted by atomic mass is 10.00. The zero-order valence-electron chi connectivity index (χ0n) is 6.29. The number of hydrogen-bond acceptors (Lipinski definition) is 2. The van der Waals surface area contributed by atoms with E-state index >= 15 is 0 Å². The van der Waals surface area contributed by atoms with Crippen molar-refractivity contribution >= 4 is 0 Å². The molecule has 0 radical (unpaired) electrons. The lowest BCUT2D eigenvalue weighted by Crippen LogP contribution is -2.12. The van der Waals surface area contributed by atoms with Gasteiger partial charge in [0.15, 0.2) is 6.29 Å². The molecule has 2 heteroatoms. The van der Waals surface area contributed by atoms with Crippen molar-refractivity contribution in [1.82, 2.24) is 0 Å². The van der Waals surface area contributed by atoms with Crippen LogP contribution in [0.2, 0.25) is 0 Å². The highest BCUT2D eigenvalue weighted by Crippen LogP contribution is 2.27. The van der Waals surface area contributed by atoms with Crippen molar-refractivity contribution < 1.29 is 9.84 Å². The molecule has 0 aromatic carbocycles. The van der Waals surface area contributed by atoms with Crippen molar-refractivity contribution in [3.05, 3.63) is 12.7 Å². The largest absolute Gasteiger partial charge is 0.368 e. The average Bonchev–Trinajstić information content (AvgIpc) is 2.30. The first-order chi connectivity index (χ1) is 4.77. The minimum atomic E-state index is -0.562. The van der Waals surface area contributed by atoms with E-state index in [0.29, 0.717) is 12.3 Å². The summed E-state index contributed by atoms with van der Waals surface area (Å²) in [4.78, 5) is 0. The monoisotopic (exact) mass is 142 g/mol. The van der Waals surface area contributed by atoms with Crippen LogP contribution in [0, 0.1) is 5.92 Å². The van der Waals surface area contributed by atoms with Crippen molar-refractivity contribution in [2.75, 3.05) is 0 Å². The predicted octanol–water partition coefficient (Wildman–Crippen LogP) is 1.31. The van der Waals surface area contributed by atoms with E-state index < -0.39 is 6.29 Å². The van der Waals surface area contributed by atoms with Crippen LogP contribution >= 0.6 is 0 Å². The first-order valence-electron chi connectivity index (χ1n) is 3.74. The normalized spacial score (nSPS) is 40.0. The molecule has 0 saturated carbocycles. The minimum absolute atomic E-state index is 0.187. The minimum Gasteiger partial charge on any atom is -0.368 e. The number of rotatable bonds is 2. The van der Waals surface area contributed by atoms with Crippen LogP contribution in [0.1, 0.15) is 19.8 Å². The third-order valence-electron chi connectivity index (χ3n) is 1.99. The summed E-state index contributed by atoms with van der Waals surface area (Å²) in [5.41, 5.74) is 0. The summed E-state index contributed by atoms with van der Waals surface area (Å²) < 4.78 is 5.20. The van der Waals surface area contributed by atoms with Crippen LogP contribution in [0.5, 0.6) is 0 Å². The van der Waals surface area contributed by atoms with E-state index in [-0.39, 0.29) is 6.10 Å². The van der Waals surface area contributed by atoms with E-state index in [4.69, 9.17) is 9.84 Å². The molecule has 10 heavy (non-hydrogen) atoms. The maximum Gasteiger partial charge on any atom is 0.155 e. The highest BCUT2D eigenvalue weighted by molar-refractivity contribution is 4.89. The lowest BCUT2D eigenvalue weighted by molar-refractivity contribution is -0.0917. The molecule has 0 aromatic heterocycles. The second-order valence-corrected chi connectivity index (χ2v) is 2.67. The van der Waals surface area contributed by atoms with Crippen LogP contribution in [-0.2, 0) is 4.74 Å². The SMILES string of the molecule is C=C[C@@H]1CC(O)O[C@H]1CC. The van der Waals surface area contributed by atoms with Crippen LogP contribution in [0.4, 0.5) is 0 Å². The molecule has 1 rings (SSSR count). The Kier molecular flexibility index (Phi) is 2.46. The Balaban J connectivity index is 2.48. The Morgan fingerprint density at radius 2 is 2.50 bits per heavy atom. The van der Waals surface area contributed by atoms with Gasteiger partial charge < -0.3 is 9.84 Å². The molecule has 1 unspecified atom stereocenters. The van der Waals surface area contributed by atoms with Crippen molar-refractivity contribution in [1.29, 1.82) is 0 Å². The maximum absolute atomic E-state index is 9.06. The average molecular weight is 142 g/mol. The van der Waals surface area contributed by atoms with E-state index in [1.54, 1.807) is 0 Å². The summed E-state index contributed by atoms with van der Waals surface area (Å²) in [5, 5.41) is 9.06. The van der Waals surface area contributed by atoms with Gasteiger partial charge in [0, 0.05) is 12.3 Å². The Bertz CT molecular complexity index is 122. The quantitative estimate of drug-likeness (QED) is 0.589. The van der Waals surface area contributed by atoms with Crippen LogP contribution < -0.4 is 0 Å². The molecule has 1 saturated heterocycles. The van der Waals surface area contributed by atoms with Gasteiger partial charge >= 0.3 is 0 Å². The molecule has 58 valence electrons. The van der Waals surface area contributed by atoms with Gasteiger partial charge in [-0.3, -0.25) is 0 Å². The van der Waals surface area contributed by atoms with Gasteiger partial charge in [0.05, 0.1) is 6.10 Å². The predicted molar refractivity (Wildman–Crippen MR) is 39.5 cm³/mol. The molecule has 3 atom stereocenters. The Hall–Kier alpha value is -0.340. The maximum atomic E-state index is 9.06. The van der Waals surface area contributed by atoms with Gasteiger partial charge in [-0.2, -0.15) is 0 Å². The van der Waals surface area contributed by atoms with Crippen LogP contribution in [-0.4, -0.2) is 17.5 Å². The van der Waals surface area contributed by atoms with Gasteiger partial charge in [-0.15, -0.1) is 6.58 Å². The third-order valence-corrected chi connectivity index (χ3v) is 1.99. The molecule has 2 nitrogen and oxygen atoms in total.